The summed E-state index contributed by atoms with van der Waals surface area (Å²) in [5, 5.41) is 0. The van der Waals surface area contributed by atoms with Crippen molar-refractivity contribution < 1.29 is 9.47 Å². The minimum atomic E-state index is -0.0906. The molecule has 0 radical (unpaired) electrons. The first-order valence-corrected chi connectivity index (χ1v) is 4.27. The minimum absolute atomic E-state index is 0.0849. The average Bonchev–Trinajstić information content (AvgIpc) is 1.80. The van der Waals surface area contributed by atoms with Gasteiger partial charge in [-0.15, -0.1) is 0 Å². The zero-order valence-corrected chi connectivity index (χ0v) is 8.81. The lowest BCUT2D eigenvalue weighted by molar-refractivity contribution is -0.0513. The first kappa shape index (κ1) is 11.5. The van der Waals surface area contributed by atoms with Crippen molar-refractivity contribution in [3.8, 4) is 0 Å². The molecule has 0 saturated heterocycles. The van der Waals surface area contributed by atoms with Crippen molar-refractivity contribution in [2.24, 2.45) is 0 Å². The fourth-order valence-electron chi connectivity index (χ4n) is 0.745. The van der Waals surface area contributed by atoms with Crippen molar-refractivity contribution in [1.82, 2.24) is 0 Å². The third kappa shape index (κ3) is 7.61. The van der Waals surface area contributed by atoms with E-state index in [0.29, 0.717) is 6.61 Å². The zero-order chi connectivity index (χ0) is 9.78. The minimum Gasteiger partial charge on any atom is -0.494 e. The summed E-state index contributed by atoms with van der Waals surface area (Å²) < 4.78 is 10.9. The lowest BCUT2D eigenvalue weighted by atomic mass is 10.2. The molecule has 1 unspecified atom stereocenters. The third-order valence-electron chi connectivity index (χ3n) is 1.15. The fourth-order valence-corrected chi connectivity index (χ4v) is 0.745. The predicted molar refractivity (Wildman–Crippen MR) is 51.1 cm³/mol. The van der Waals surface area contributed by atoms with Gasteiger partial charge in [0.25, 0.3) is 0 Å². The van der Waals surface area contributed by atoms with E-state index in [0.717, 1.165) is 5.76 Å². The van der Waals surface area contributed by atoms with Crippen molar-refractivity contribution in [2.75, 3.05) is 6.61 Å². The molecule has 0 aromatic heterocycles. The summed E-state index contributed by atoms with van der Waals surface area (Å²) in [6.07, 6.45) is 0.0849. The van der Waals surface area contributed by atoms with Crippen LogP contribution in [-0.2, 0) is 9.47 Å². The van der Waals surface area contributed by atoms with Crippen molar-refractivity contribution in [2.45, 2.75) is 46.3 Å². The summed E-state index contributed by atoms with van der Waals surface area (Å²) in [6.45, 7) is 14.2. The van der Waals surface area contributed by atoms with E-state index in [1.807, 2.05) is 34.6 Å². The van der Waals surface area contributed by atoms with Crippen LogP contribution in [0, 0.1) is 0 Å². The molecule has 0 bridgehead atoms. The number of allylic oxidation sites excluding steroid dienone is 1. The van der Waals surface area contributed by atoms with E-state index in [9.17, 15) is 0 Å². The molecule has 0 heterocycles. The Morgan fingerprint density at radius 3 is 2.25 bits per heavy atom. The molecule has 0 spiro atoms. The van der Waals surface area contributed by atoms with Crippen molar-refractivity contribution in [1.29, 1.82) is 0 Å². The molecule has 2 heteroatoms. The molecule has 0 aliphatic rings. The van der Waals surface area contributed by atoms with Crippen LogP contribution in [0.1, 0.15) is 34.6 Å². The fraction of sp³-hybridized carbons (Fsp3) is 0.800. The molecule has 12 heavy (non-hydrogen) atoms. The van der Waals surface area contributed by atoms with Crippen LogP contribution in [0.15, 0.2) is 12.3 Å². The Hall–Kier alpha value is -0.500. The summed E-state index contributed by atoms with van der Waals surface area (Å²) in [6, 6.07) is 0. The standard InChI is InChI=1S/C10H20O2/c1-8(2)12-9(3)7-11-10(4,5)6/h9H,1,7H2,2-6H3. The van der Waals surface area contributed by atoms with Crippen LogP contribution >= 0.6 is 0 Å². The first-order valence-electron chi connectivity index (χ1n) is 4.27. The Bertz CT molecular complexity index is 144. The molecule has 0 amide bonds. The number of ether oxygens (including phenoxy) is 2. The number of hydrogen-bond donors (Lipinski definition) is 0. The maximum absolute atomic E-state index is 5.53. The topological polar surface area (TPSA) is 18.5 Å². The molecular weight excluding hydrogens is 152 g/mol. The summed E-state index contributed by atoms with van der Waals surface area (Å²) in [7, 11) is 0. The first-order chi connectivity index (χ1) is 5.31. The molecule has 0 N–H and O–H groups in total. The molecule has 2 nitrogen and oxygen atoms in total. The Morgan fingerprint density at radius 2 is 1.92 bits per heavy atom. The van der Waals surface area contributed by atoms with Crippen LogP contribution in [-0.4, -0.2) is 18.3 Å². The van der Waals surface area contributed by atoms with Gasteiger partial charge < -0.3 is 9.47 Å². The van der Waals surface area contributed by atoms with E-state index in [2.05, 4.69) is 6.58 Å². The zero-order valence-electron chi connectivity index (χ0n) is 8.81. The lowest BCUT2D eigenvalue weighted by Crippen LogP contribution is -2.25. The maximum Gasteiger partial charge on any atom is 0.119 e. The summed E-state index contributed by atoms with van der Waals surface area (Å²) in [4.78, 5) is 0. The molecule has 72 valence electrons. The van der Waals surface area contributed by atoms with Gasteiger partial charge in [0.05, 0.1) is 18.0 Å². The van der Waals surface area contributed by atoms with E-state index in [1.54, 1.807) is 0 Å². The van der Waals surface area contributed by atoms with Gasteiger partial charge in [0.2, 0.25) is 0 Å². The van der Waals surface area contributed by atoms with E-state index < -0.39 is 0 Å². The molecule has 0 saturated carbocycles. The second kappa shape index (κ2) is 4.51. The molecular formula is C10H20O2. The van der Waals surface area contributed by atoms with Gasteiger partial charge >= 0.3 is 0 Å². The van der Waals surface area contributed by atoms with Gasteiger partial charge in [-0.05, 0) is 34.6 Å². The average molecular weight is 172 g/mol. The Balaban J connectivity index is 3.57. The maximum atomic E-state index is 5.53. The van der Waals surface area contributed by atoms with Crippen LogP contribution < -0.4 is 0 Å². The molecule has 0 aromatic rings. The van der Waals surface area contributed by atoms with Crippen LogP contribution in [0.25, 0.3) is 0 Å². The van der Waals surface area contributed by atoms with Gasteiger partial charge in [-0.25, -0.2) is 0 Å². The monoisotopic (exact) mass is 172 g/mol. The van der Waals surface area contributed by atoms with Gasteiger partial charge in [-0.3, -0.25) is 0 Å². The Kier molecular flexibility index (Phi) is 4.32. The Labute approximate surface area is 75.6 Å². The smallest absolute Gasteiger partial charge is 0.119 e. The van der Waals surface area contributed by atoms with Crippen molar-refractivity contribution in [3.05, 3.63) is 12.3 Å². The van der Waals surface area contributed by atoms with Gasteiger partial charge in [0, 0.05) is 0 Å². The van der Waals surface area contributed by atoms with Crippen molar-refractivity contribution in [3.63, 3.8) is 0 Å². The largest absolute Gasteiger partial charge is 0.494 e. The SMILES string of the molecule is C=C(C)OC(C)COC(C)(C)C. The predicted octanol–water partition coefficient (Wildman–Crippen LogP) is 2.74. The number of hydrogen-bond acceptors (Lipinski definition) is 2. The third-order valence-corrected chi connectivity index (χ3v) is 1.15. The highest BCUT2D eigenvalue weighted by Gasteiger charge is 2.12. The summed E-state index contributed by atoms with van der Waals surface area (Å²) in [5.74, 6) is 0.736. The lowest BCUT2D eigenvalue weighted by Gasteiger charge is -2.23. The highest BCUT2D eigenvalue weighted by atomic mass is 16.5. The molecule has 0 fully saturated rings. The second-order valence-electron chi connectivity index (χ2n) is 4.05. The van der Waals surface area contributed by atoms with Gasteiger partial charge in [-0.1, -0.05) is 6.58 Å². The van der Waals surface area contributed by atoms with E-state index in [4.69, 9.17) is 9.47 Å². The van der Waals surface area contributed by atoms with Crippen molar-refractivity contribution >= 4 is 0 Å². The highest BCUT2D eigenvalue weighted by molar-refractivity contribution is 4.75. The van der Waals surface area contributed by atoms with Crippen LogP contribution in [0.2, 0.25) is 0 Å². The second-order valence-corrected chi connectivity index (χ2v) is 4.05. The molecule has 1 atom stereocenters. The number of rotatable bonds is 4. The van der Waals surface area contributed by atoms with Crippen LogP contribution in [0.3, 0.4) is 0 Å². The van der Waals surface area contributed by atoms with Gasteiger partial charge in [0.1, 0.15) is 6.10 Å². The van der Waals surface area contributed by atoms with Gasteiger partial charge in [0.15, 0.2) is 0 Å². The van der Waals surface area contributed by atoms with E-state index in [-0.39, 0.29) is 11.7 Å². The molecule has 0 aliphatic carbocycles. The van der Waals surface area contributed by atoms with E-state index in [1.165, 1.54) is 0 Å². The molecule has 0 aliphatic heterocycles. The molecule has 0 rings (SSSR count). The van der Waals surface area contributed by atoms with Crippen LogP contribution in [0.4, 0.5) is 0 Å². The normalized spacial score (nSPS) is 14.1. The van der Waals surface area contributed by atoms with E-state index >= 15 is 0 Å². The quantitative estimate of drug-likeness (QED) is 0.607. The molecule has 0 aromatic carbocycles. The Morgan fingerprint density at radius 1 is 1.42 bits per heavy atom. The van der Waals surface area contributed by atoms with Gasteiger partial charge in [-0.2, -0.15) is 0 Å². The van der Waals surface area contributed by atoms with Crippen LogP contribution in [0.5, 0.6) is 0 Å². The summed E-state index contributed by atoms with van der Waals surface area (Å²) >= 11 is 0. The highest BCUT2D eigenvalue weighted by Crippen LogP contribution is 2.09. The summed E-state index contributed by atoms with van der Waals surface area (Å²) in [5.41, 5.74) is -0.0906.